The van der Waals surface area contributed by atoms with Crippen molar-refractivity contribution in [2.75, 3.05) is 19.8 Å². The summed E-state index contributed by atoms with van der Waals surface area (Å²) in [5.74, 6) is 0. The van der Waals surface area contributed by atoms with Gasteiger partial charge in [0.05, 0.1) is 12.5 Å². The highest BCUT2D eigenvalue weighted by molar-refractivity contribution is 5.07. The maximum Gasteiger partial charge on any atom is 0.0935 e. The van der Waals surface area contributed by atoms with Crippen LogP contribution < -0.4 is 5.32 Å². The van der Waals surface area contributed by atoms with Crippen molar-refractivity contribution < 1.29 is 9.15 Å². The van der Waals surface area contributed by atoms with Crippen LogP contribution in [0.5, 0.6) is 0 Å². The molecule has 1 atom stereocenters. The van der Waals surface area contributed by atoms with Gasteiger partial charge in [-0.3, -0.25) is 0 Å². The molecule has 0 saturated heterocycles. The monoisotopic (exact) mass is 239 g/mol. The Kier molecular flexibility index (Phi) is 7.76. The number of rotatable bonds is 10. The van der Waals surface area contributed by atoms with E-state index in [0.29, 0.717) is 6.04 Å². The molecule has 0 aliphatic carbocycles. The fourth-order valence-corrected chi connectivity index (χ4v) is 1.79. The maximum atomic E-state index is 5.55. The van der Waals surface area contributed by atoms with Crippen molar-refractivity contribution >= 4 is 0 Å². The van der Waals surface area contributed by atoms with E-state index in [1.54, 1.807) is 6.26 Å². The van der Waals surface area contributed by atoms with Crippen LogP contribution in [0.25, 0.3) is 0 Å². The third kappa shape index (κ3) is 6.49. The molecule has 0 spiro atoms. The van der Waals surface area contributed by atoms with Gasteiger partial charge in [0, 0.05) is 19.3 Å². The highest BCUT2D eigenvalue weighted by Crippen LogP contribution is 2.07. The molecular weight excluding hydrogens is 214 g/mol. The van der Waals surface area contributed by atoms with Crippen molar-refractivity contribution in [3.8, 4) is 0 Å². The zero-order valence-electron chi connectivity index (χ0n) is 11.1. The highest BCUT2D eigenvalue weighted by Gasteiger charge is 2.09. The van der Waals surface area contributed by atoms with Crippen LogP contribution >= 0.6 is 0 Å². The Labute approximate surface area is 105 Å². The molecule has 0 aromatic carbocycles. The standard InChI is InChI=1S/C14H25NO2/c1-3-7-15-14(6-10-16-8-4-2)11-13-5-9-17-12-13/h5,9,12,14-15H,3-4,6-8,10-11H2,1-2H3. The van der Waals surface area contributed by atoms with E-state index < -0.39 is 0 Å². The quantitative estimate of drug-likeness (QED) is 0.637. The van der Waals surface area contributed by atoms with E-state index in [-0.39, 0.29) is 0 Å². The zero-order valence-corrected chi connectivity index (χ0v) is 11.1. The minimum absolute atomic E-state index is 0.490. The molecule has 1 rings (SSSR count). The Morgan fingerprint density at radius 2 is 2.18 bits per heavy atom. The van der Waals surface area contributed by atoms with Gasteiger partial charge >= 0.3 is 0 Å². The van der Waals surface area contributed by atoms with Crippen molar-refractivity contribution in [2.45, 2.75) is 45.6 Å². The molecule has 0 radical (unpaired) electrons. The molecule has 0 aliphatic heterocycles. The number of furan rings is 1. The summed E-state index contributed by atoms with van der Waals surface area (Å²) in [6, 6.07) is 2.53. The topological polar surface area (TPSA) is 34.4 Å². The van der Waals surface area contributed by atoms with Gasteiger partial charge < -0.3 is 14.5 Å². The van der Waals surface area contributed by atoms with E-state index in [9.17, 15) is 0 Å². The Morgan fingerprint density at radius 3 is 2.82 bits per heavy atom. The van der Waals surface area contributed by atoms with Gasteiger partial charge in [0.2, 0.25) is 0 Å². The molecule has 98 valence electrons. The molecule has 0 bridgehead atoms. The van der Waals surface area contributed by atoms with E-state index in [2.05, 4.69) is 19.2 Å². The van der Waals surface area contributed by atoms with Gasteiger partial charge in [-0.05, 0) is 43.9 Å². The summed E-state index contributed by atoms with van der Waals surface area (Å²) in [5, 5.41) is 3.56. The van der Waals surface area contributed by atoms with Gasteiger partial charge in [0.15, 0.2) is 0 Å². The molecule has 0 saturated carbocycles. The third-order valence-corrected chi connectivity index (χ3v) is 2.70. The van der Waals surface area contributed by atoms with Crippen LogP contribution in [0.3, 0.4) is 0 Å². The van der Waals surface area contributed by atoms with E-state index in [0.717, 1.165) is 45.4 Å². The Morgan fingerprint density at radius 1 is 1.29 bits per heavy atom. The first-order chi connectivity index (χ1) is 8.36. The molecule has 0 fully saturated rings. The van der Waals surface area contributed by atoms with Gasteiger partial charge in [-0.2, -0.15) is 0 Å². The second-order valence-corrected chi connectivity index (χ2v) is 4.39. The molecule has 1 N–H and O–H groups in total. The van der Waals surface area contributed by atoms with Gasteiger partial charge in [-0.25, -0.2) is 0 Å². The molecular formula is C14H25NO2. The van der Waals surface area contributed by atoms with E-state index in [1.165, 1.54) is 5.56 Å². The molecule has 3 heteroatoms. The van der Waals surface area contributed by atoms with Crippen molar-refractivity contribution in [3.05, 3.63) is 24.2 Å². The van der Waals surface area contributed by atoms with Crippen LogP contribution in [0.4, 0.5) is 0 Å². The van der Waals surface area contributed by atoms with Crippen LogP contribution in [0, 0.1) is 0 Å². The second-order valence-electron chi connectivity index (χ2n) is 4.39. The van der Waals surface area contributed by atoms with Crippen molar-refractivity contribution in [1.29, 1.82) is 0 Å². The summed E-state index contributed by atoms with van der Waals surface area (Å²) in [6.45, 7) is 7.10. The lowest BCUT2D eigenvalue weighted by Gasteiger charge is -2.17. The number of ether oxygens (including phenoxy) is 1. The predicted octanol–water partition coefficient (Wildman–Crippen LogP) is 3.01. The summed E-state index contributed by atoms with van der Waals surface area (Å²) >= 11 is 0. The SMILES string of the molecule is CCCNC(CCOCCC)Cc1ccoc1. The fraction of sp³-hybridized carbons (Fsp3) is 0.714. The average Bonchev–Trinajstić information content (AvgIpc) is 2.84. The van der Waals surface area contributed by atoms with Crippen molar-refractivity contribution in [3.63, 3.8) is 0 Å². The van der Waals surface area contributed by atoms with Gasteiger partial charge in [0.25, 0.3) is 0 Å². The average molecular weight is 239 g/mol. The first kappa shape index (κ1) is 14.3. The van der Waals surface area contributed by atoms with Crippen molar-refractivity contribution in [1.82, 2.24) is 5.32 Å². The first-order valence-corrected chi connectivity index (χ1v) is 6.69. The zero-order chi connectivity index (χ0) is 12.3. The highest BCUT2D eigenvalue weighted by atomic mass is 16.5. The van der Waals surface area contributed by atoms with Gasteiger partial charge in [0.1, 0.15) is 0 Å². The van der Waals surface area contributed by atoms with Gasteiger partial charge in [-0.15, -0.1) is 0 Å². The van der Waals surface area contributed by atoms with E-state index in [4.69, 9.17) is 9.15 Å². The molecule has 1 aromatic heterocycles. The van der Waals surface area contributed by atoms with Crippen molar-refractivity contribution in [2.24, 2.45) is 0 Å². The lowest BCUT2D eigenvalue weighted by atomic mass is 10.1. The Hall–Kier alpha value is -0.800. The number of hydrogen-bond donors (Lipinski definition) is 1. The van der Waals surface area contributed by atoms with Crippen LogP contribution in [-0.2, 0) is 11.2 Å². The minimum Gasteiger partial charge on any atom is -0.472 e. The van der Waals surface area contributed by atoms with Gasteiger partial charge in [-0.1, -0.05) is 13.8 Å². The minimum atomic E-state index is 0.490. The third-order valence-electron chi connectivity index (χ3n) is 2.70. The summed E-state index contributed by atoms with van der Waals surface area (Å²) in [5.41, 5.74) is 1.26. The molecule has 1 aromatic rings. The van der Waals surface area contributed by atoms with E-state index >= 15 is 0 Å². The summed E-state index contributed by atoms with van der Waals surface area (Å²) in [6.07, 6.45) is 7.90. The maximum absolute atomic E-state index is 5.55. The molecule has 0 aliphatic rings. The molecule has 1 unspecified atom stereocenters. The Balaban J connectivity index is 2.26. The fourth-order valence-electron chi connectivity index (χ4n) is 1.79. The van der Waals surface area contributed by atoms with Crippen LogP contribution in [-0.4, -0.2) is 25.8 Å². The molecule has 0 amide bonds. The van der Waals surface area contributed by atoms with Crippen LogP contribution in [0.15, 0.2) is 23.0 Å². The largest absolute Gasteiger partial charge is 0.472 e. The molecule has 1 heterocycles. The summed E-state index contributed by atoms with van der Waals surface area (Å²) in [7, 11) is 0. The Bertz CT molecular complexity index is 259. The lowest BCUT2D eigenvalue weighted by Crippen LogP contribution is -2.32. The number of nitrogens with one attached hydrogen (secondary N) is 1. The second kappa shape index (κ2) is 9.25. The summed E-state index contributed by atoms with van der Waals surface area (Å²) < 4.78 is 10.7. The normalized spacial score (nSPS) is 12.8. The smallest absolute Gasteiger partial charge is 0.0935 e. The predicted molar refractivity (Wildman–Crippen MR) is 70.2 cm³/mol. The van der Waals surface area contributed by atoms with E-state index in [1.807, 2.05) is 12.3 Å². The van der Waals surface area contributed by atoms with Crippen LogP contribution in [0.2, 0.25) is 0 Å². The lowest BCUT2D eigenvalue weighted by molar-refractivity contribution is 0.124. The van der Waals surface area contributed by atoms with Crippen LogP contribution in [0.1, 0.15) is 38.7 Å². The molecule has 3 nitrogen and oxygen atoms in total. The first-order valence-electron chi connectivity index (χ1n) is 6.69. The molecule has 17 heavy (non-hydrogen) atoms. The number of hydrogen-bond acceptors (Lipinski definition) is 3. The summed E-state index contributed by atoms with van der Waals surface area (Å²) in [4.78, 5) is 0.